The Labute approximate surface area is 123 Å². The molecule has 3 nitrogen and oxygen atoms in total. The van der Waals surface area contributed by atoms with Gasteiger partial charge in [0.1, 0.15) is 11.6 Å². The number of rotatable bonds is 5. The van der Waals surface area contributed by atoms with E-state index in [9.17, 15) is 9.18 Å². The van der Waals surface area contributed by atoms with Gasteiger partial charge in [-0.25, -0.2) is 9.18 Å². The van der Waals surface area contributed by atoms with Gasteiger partial charge in [-0.05, 0) is 36.2 Å². The van der Waals surface area contributed by atoms with E-state index in [1.54, 1.807) is 6.07 Å². The van der Waals surface area contributed by atoms with Crippen molar-refractivity contribution in [2.75, 3.05) is 13.7 Å². The van der Waals surface area contributed by atoms with Gasteiger partial charge in [-0.15, -0.1) is 0 Å². The highest BCUT2D eigenvalue weighted by molar-refractivity contribution is 5.91. The lowest BCUT2D eigenvalue weighted by molar-refractivity contribution is 0.0600. The molecule has 4 heteroatoms. The molecule has 0 aliphatic carbocycles. The number of halogens is 1. The van der Waals surface area contributed by atoms with Crippen molar-refractivity contribution in [1.29, 1.82) is 0 Å². The lowest BCUT2D eigenvalue weighted by Gasteiger charge is -2.12. The molecule has 0 radical (unpaired) electrons. The van der Waals surface area contributed by atoms with Crippen LogP contribution in [0.3, 0.4) is 0 Å². The standard InChI is InChI=1S/C17H17FO3/c1-3-8-21-16-7-5-4-6-15(16)12-9-13(17(19)20-2)11-14(18)10-12/h4-7,9-11H,3,8H2,1-2H3. The minimum atomic E-state index is -0.567. The second kappa shape index (κ2) is 6.88. The third kappa shape index (κ3) is 3.60. The van der Waals surface area contributed by atoms with Crippen LogP contribution in [0.4, 0.5) is 4.39 Å². The summed E-state index contributed by atoms with van der Waals surface area (Å²) < 4.78 is 24.1. The van der Waals surface area contributed by atoms with Gasteiger partial charge in [0, 0.05) is 5.56 Å². The summed E-state index contributed by atoms with van der Waals surface area (Å²) in [6, 6.07) is 11.5. The fourth-order valence-corrected chi connectivity index (χ4v) is 2.02. The fourth-order valence-electron chi connectivity index (χ4n) is 2.02. The summed E-state index contributed by atoms with van der Waals surface area (Å²) in [6.45, 7) is 2.59. The summed E-state index contributed by atoms with van der Waals surface area (Å²) in [5.41, 5.74) is 1.51. The van der Waals surface area contributed by atoms with Crippen LogP contribution in [0.2, 0.25) is 0 Å². The Morgan fingerprint density at radius 2 is 1.95 bits per heavy atom. The van der Waals surface area contributed by atoms with Gasteiger partial charge in [0.2, 0.25) is 0 Å². The van der Waals surface area contributed by atoms with Crippen molar-refractivity contribution in [3.63, 3.8) is 0 Å². The van der Waals surface area contributed by atoms with E-state index in [-0.39, 0.29) is 5.56 Å². The van der Waals surface area contributed by atoms with Crippen LogP contribution in [0, 0.1) is 5.82 Å². The first-order valence-corrected chi connectivity index (χ1v) is 6.76. The summed E-state index contributed by atoms with van der Waals surface area (Å²) in [5, 5.41) is 0. The Bertz CT molecular complexity index is 638. The van der Waals surface area contributed by atoms with Gasteiger partial charge < -0.3 is 9.47 Å². The monoisotopic (exact) mass is 288 g/mol. The van der Waals surface area contributed by atoms with Crippen molar-refractivity contribution in [2.24, 2.45) is 0 Å². The van der Waals surface area contributed by atoms with Crippen LogP contribution in [0.25, 0.3) is 11.1 Å². The van der Waals surface area contributed by atoms with Crippen LogP contribution in [0.1, 0.15) is 23.7 Å². The molecule has 21 heavy (non-hydrogen) atoms. The van der Waals surface area contributed by atoms with Gasteiger partial charge in [-0.1, -0.05) is 25.1 Å². The highest BCUT2D eigenvalue weighted by Crippen LogP contribution is 2.31. The number of hydrogen-bond donors (Lipinski definition) is 0. The van der Waals surface area contributed by atoms with Crippen molar-refractivity contribution >= 4 is 5.97 Å². The normalized spacial score (nSPS) is 10.2. The number of carbonyl (C=O) groups excluding carboxylic acids is 1. The average Bonchev–Trinajstić information content (AvgIpc) is 2.51. The Kier molecular flexibility index (Phi) is 4.93. The van der Waals surface area contributed by atoms with E-state index >= 15 is 0 Å². The lowest BCUT2D eigenvalue weighted by atomic mass is 10.0. The zero-order valence-corrected chi connectivity index (χ0v) is 12.1. The third-order valence-electron chi connectivity index (χ3n) is 2.98. The molecule has 110 valence electrons. The third-order valence-corrected chi connectivity index (χ3v) is 2.98. The van der Waals surface area contributed by atoms with Crippen LogP contribution in [0.15, 0.2) is 42.5 Å². The van der Waals surface area contributed by atoms with E-state index < -0.39 is 11.8 Å². The molecular weight excluding hydrogens is 271 g/mol. The number of methoxy groups -OCH3 is 1. The molecule has 0 atom stereocenters. The molecular formula is C17H17FO3. The molecule has 2 aromatic carbocycles. The Hall–Kier alpha value is -2.36. The number of para-hydroxylation sites is 1. The van der Waals surface area contributed by atoms with E-state index in [0.717, 1.165) is 18.1 Å². The molecule has 0 heterocycles. The summed E-state index contributed by atoms with van der Waals surface area (Å²) >= 11 is 0. The fraction of sp³-hybridized carbons (Fsp3) is 0.235. The largest absolute Gasteiger partial charge is 0.493 e. The number of benzene rings is 2. The van der Waals surface area contributed by atoms with Gasteiger partial charge in [-0.3, -0.25) is 0 Å². The molecule has 0 saturated carbocycles. The Morgan fingerprint density at radius 1 is 1.19 bits per heavy atom. The topological polar surface area (TPSA) is 35.5 Å². The zero-order chi connectivity index (χ0) is 15.2. The van der Waals surface area contributed by atoms with Crippen molar-refractivity contribution in [2.45, 2.75) is 13.3 Å². The number of hydrogen-bond acceptors (Lipinski definition) is 3. The maximum atomic E-state index is 13.7. The van der Waals surface area contributed by atoms with Gasteiger partial charge in [0.05, 0.1) is 19.3 Å². The molecule has 0 unspecified atom stereocenters. The highest BCUT2D eigenvalue weighted by atomic mass is 19.1. The SMILES string of the molecule is CCCOc1ccccc1-c1cc(F)cc(C(=O)OC)c1. The highest BCUT2D eigenvalue weighted by Gasteiger charge is 2.12. The second-order valence-corrected chi connectivity index (χ2v) is 4.56. The van der Waals surface area contributed by atoms with E-state index in [1.807, 2.05) is 31.2 Å². The average molecular weight is 288 g/mol. The first-order valence-electron chi connectivity index (χ1n) is 6.76. The van der Waals surface area contributed by atoms with Gasteiger partial charge in [-0.2, -0.15) is 0 Å². The molecule has 0 spiro atoms. The quantitative estimate of drug-likeness (QED) is 0.778. The van der Waals surface area contributed by atoms with E-state index in [0.29, 0.717) is 17.9 Å². The first kappa shape index (κ1) is 15.0. The summed E-state index contributed by atoms with van der Waals surface area (Å²) in [5.74, 6) is -0.387. The van der Waals surface area contributed by atoms with Crippen LogP contribution in [-0.4, -0.2) is 19.7 Å². The maximum Gasteiger partial charge on any atom is 0.337 e. The minimum Gasteiger partial charge on any atom is -0.493 e. The Morgan fingerprint density at radius 3 is 2.67 bits per heavy atom. The smallest absolute Gasteiger partial charge is 0.337 e. The molecule has 2 aromatic rings. The van der Waals surface area contributed by atoms with Crippen LogP contribution >= 0.6 is 0 Å². The van der Waals surface area contributed by atoms with Crippen molar-refractivity contribution in [3.8, 4) is 16.9 Å². The van der Waals surface area contributed by atoms with Crippen LogP contribution < -0.4 is 4.74 Å². The van der Waals surface area contributed by atoms with Crippen LogP contribution in [0.5, 0.6) is 5.75 Å². The molecule has 0 aliphatic rings. The minimum absolute atomic E-state index is 0.179. The molecule has 0 aromatic heterocycles. The van der Waals surface area contributed by atoms with Crippen molar-refractivity contribution < 1.29 is 18.7 Å². The van der Waals surface area contributed by atoms with Crippen molar-refractivity contribution in [3.05, 3.63) is 53.8 Å². The van der Waals surface area contributed by atoms with E-state index in [1.165, 1.54) is 13.2 Å². The van der Waals surface area contributed by atoms with Gasteiger partial charge in [0.25, 0.3) is 0 Å². The molecule has 0 aliphatic heterocycles. The Balaban J connectivity index is 2.46. The maximum absolute atomic E-state index is 13.7. The summed E-state index contributed by atoms with van der Waals surface area (Å²) in [7, 11) is 1.27. The molecule has 0 amide bonds. The van der Waals surface area contributed by atoms with Gasteiger partial charge >= 0.3 is 5.97 Å². The van der Waals surface area contributed by atoms with Gasteiger partial charge in [0.15, 0.2) is 0 Å². The van der Waals surface area contributed by atoms with E-state index in [4.69, 9.17) is 4.74 Å². The number of ether oxygens (including phenoxy) is 2. The molecule has 2 rings (SSSR count). The molecule has 0 N–H and O–H groups in total. The molecule has 0 bridgehead atoms. The number of esters is 1. The van der Waals surface area contributed by atoms with E-state index in [2.05, 4.69) is 4.74 Å². The predicted molar refractivity (Wildman–Crippen MR) is 79.0 cm³/mol. The van der Waals surface area contributed by atoms with Crippen molar-refractivity contribution in [1.82, 2.24) is 0 Å². The summed E-state index contributed by atoms with van der Waals surface area (Å²) in [6.07, 6.45) is 0.880. The summed E-state index contributed by atoms with van der Waals surface area (Å²) in [4.78, 5) is 11.6. The predicted octanol–water partition coefficient (Wildman–Crippen LogP) is 4.07. The second-order valence-electron chi connectivity index (χ2n) is 4.56. The zero-order valence-electron chi connectivity index (χ0n) is 12.1. The lowest BCUT2D eigenvalue weighted by Crippen LogP contribution is -2.02. The molecule has 0 fully saturated rings. The van der Waals surface area contributed by atoms with Crippen LogP contribution in [-0.2, 0) is 4.74 Å². The first-order chi connectivity index (χ1) is 10.2. The molecule has 0 saturated heterocycles. The number of carbonyl (C=O) groups is 1.